The molecule has 9 heteroatoms. The van der Waals surface area contributed by atoms with Crippen LogP contribution in [0.25, 0.3) is 11.1 Å². The van der Waals surface area contributed by atoms with Crippen LogP contribution in [0, 0.1) is 0 Å². The Hall–Kier alpha value is -2.91. The van der Waals surface area contributed by atoms with E-state index >= 15 is 0 Å². The molecular weight excluding hydrogens is 396 g/mol. The quantitative estimate of drug-likeness (QED) is 0.675. The second-order valence-corrected chi connectivity index (χ2v) is 8.33. The molecule has 2 aliphatic heterocycles. The van der Waals surface area contributed by atoms with E-state index in [1.54, 1.807) is 11.8 Å². The molecule has 1 fully saturated rings. The van der Waals surface area contributed by atoms with Crippen LogP contribution in [0.2, 0.25) is 0 Å². The highest BCUT2D eigenvalue weighted by atomic mass is 16.4. The van der Waals surface area contributed by atoms with Crippen LogP contribution in [-0.2, 0) is 11.3 Å². The maximum absolute atomic E-state index is 12.2. The van der Waals surface area contributed by atoms with E-state index < -0.39 is 6.09 Å². The highest BCUT2D eigenvalue weighted by Gasteiger charge is 2.33. The summed E-state index contributed by atoms with van der Waals surface area (Å²) in [5.74, 6) is -0.0454. The number of carbonyl (C=O) groups is 2. The van der Waals surface area contributed by atoms with Gasteiger partial charge in [-0.3, -0.25) is 14.4 Å². The van der Waals surface area contributed by atoms with E-state index in [1.807, 2.05) is 42.2 Å². The van der Waals surface area contributed by atoms with Crippen molar-refractivity contribution in [1.82, 2.24) is 25.3 Å². The lowest BCUT2D eigenvalue weighted by atomic mass is 9.89. The van der Waals surface area contributed by atoms with E-state index in [-0.39, 0.29) is 18.0 Å². The lowest BCUT2D eigenvalue weighted by Gasteiger charge is -2.39. The molecule has 0 aliphatic carbocycles. The third-order valence-corrected chi connectivity index (χ3v) is 6.14. The predicted octanol–water partition coefficient (Wildman–Crippen LogP) is 1.91. The van der Waals surface area contributed by atoms with Gasteiger partial charge in [0.25, 0.3) is 0 Å². The minimum absolute atomic E-state index is 0.0454. The van der Waals surface area contributed by atoms with Crippen LogP contribution in [0.15, 0.2) is 30.6 Å². The molecule has 2 unspecified atom stereocenters. The molecule has 31 heavy (non-hydrogen) atoms. The summed E-state index contributed by atoms with van der Waals surface area (Å²) in [7, 11) is 0. The van der Waals surface area contributed by atoms with Gasteiger partial charge >= 0.3 is 6.09 Å². The first-order valence-electron chi connectivity index (χ1n) is 10.8. The number of amides is 2. The third-order valence-electron chi connectivity index (χ3n) is 6.14. The predicted molar refractivity (Wildman–Crippen MR) is 118 cm³/mol. The molecule has 1 aromatic carbocycles. The Labute approximate surface area is 182 Å². The van der Waals surface area contributed by atoms with Gasteiger partial charge in [-0.2, -0.15) is 5.10 Å². The number of piperazine rings is 1. The maximum Gasteiger partial charge on any atom is 0.405 e. The molecule has 3 heterocycles. The molecule has 1 saturated heterocycles. The number of anilines is 1. The van der Waals surface area contributed by atoms with E-state index in [0.29, 0.717) is 6.42 Å². The van der Waals surface area contributed by atoms with Gasteiger partial charge in [-0.05, 0) is 36.6 Å². The topological polar surface area (TPSA) is 103 Å². The van der Waals surface area contributed by atoms with E-state index in [1.165, 1.54) is 0 Å². The summed E-state index contributed by atoms with van der Waals surface area (Å²) in [5.41, 5.74) is 3.52. The summed E-state index contributed by atoms with van der Waals surface area (Å²) in [6.07, 6.45) is 3.34. The van der Waals surface area contributed by atoms with Crippen LogP contribution >= 0.6 is 0 Å². The van der Waals surface area contributed by atoms with Gasteiger partial charge in [0.1, 0.15) is 0 Å². The number of nitrogens with zero attached hydrogens (tertiary/aromatic N) is 4. The largest absolute Gasteiger partial charge is 0.465 e. The third kappa shape index (κ3) is 4.72. The first-order valence-corrected chi connectivity index (χ1v) is 10.8. The molecule has 2 atom stereocenters. The normalized spacial score (nSPS) is 21.5. The lowest BCUT2D eigenvalue weighted by Crippen LogP contribution is -2.45. The summed E-state index contributed by atoms with van der Waals surface area (Å²) < 4.78 is 1.95. The van der Waals surface area contributed by atoms with Crippen molar-refractivity contribution in [3.63, 3.8) is 0 Å². The van der Waals surface area contributed by atoms with E-state index in [9.17, 15) is 14.7 Å². The van der Waals surface area contributed by atoms with Crippen molar-refractivity contribution in [3.8, 4) is 11.1 Å². The fourth-order valence-electron chi connectivity index (χ4n) is 4.62. The van der Waals surface area contributed by atoms with Crippen LogP contribution in [0.5, 0.6) is 0 Å². The van der Waals surface area contributed by atoms with Crippen molar-refractivity contribution in [2.24, 2.45) is 0 Å². The fourth-order valence-corrected chi connectivity index (χ4v) is 4.62. The standard InChI is InChI=1S/C22H30N6O3/c1-15-11-20(25-22(30)31)19-12-17(3-4-21(19)28(15)16(2)29)18-13-24-27(14-18)10-9-26-7-5-23-6-8-26/h3-4,12-15,20,23,25H,5-11H2,1-2H3,(H,30,31). The van der Waals surface area contributed by atoms with Crippen molar-refractivity contribution in [2.75, 3.05) is 37.6 Å². The summed E-state index contributed by atoms with van der Waals surface area (Å²) >= 11 is 0. The Balaban J connectivity index is 1.56. The van der Waals surface area contributed by atoms with Crippen molar-refractivity contribution in [3.05, 3.63) is 36.2 Å². The molecule has 9 nitrogen and oxygen atoms in total. The van der Waals surface area contributed by atoms with Crippen molar-refractivity contribution < 1.29 is 14.7 Å². The van der Waals surface area contributed by atoms with Crippen LogP contribution in [0.1, 0.15) is 31.9 Å². The zero-order valence-corrected chi connectivity index (χ0v) is 18.0. The Morgan fingerprint density at radius 2 is 2.00 bits per heavy atom. The molecule has 2 amide bonds. The maximum atomic E-state index is 12.2. The highest BCUT2D eigenvalue weighted by molar-refractivity contribution is 5.94. The van der Waals surface area contributed by atoms with Gasteiger partial charge in [0.2, 0.25) is 5.91 Å². The van der Waals surface area contributed by atoms with Gasteiger partial charge in [0, 0.05) is 63.1 Å². The van der Waals surface area contributed by atoms with Crippen molar-refractivity contribution in [2.45, 2.75) is 38.9 Å². The van der Waals surface area contributed by atoms with Gasteiger partial charge < -0.3 is 20.6 Å². The number of rotatable bonds is 5. The van der Waals surface area contributed by atoms with Gasteiger partial charge in [0.15, 0.2) is 0 Å². The van der Waals surface area contributed by atoms with Gasteiger partial charge in [-0.25, -0.2) is 4.79 Å². The summed E-state index contributed by atoms with van der Waals surface area (Å²) in [6.45, 7) is 9.44. The van der Waals surface area contributed by atoms with Crippen LogP contribution in [0.3, 0.4) is 0 Å². The zero-order valence-electron chi connectivity index (χ0n) is 18.0. The average molecular weight is 427 g/mol. The summed E-state index contributed by atoms with van der Waals surface area (Å²) in [6, 6.07) is 5.43. The van der Waals surface area contributed by atoms with Gasteiger partial charge in [-0.15, -0.1) is 0 Å². The number of hydrogen-bond donors (Lipinski definition) is 3. The fraction of sp³-hybridized carbons (Fsp3) is 0.500. The number of aromatic nitrogens is 2. The first-order chi connectivity index (χ1) is 14.9. The highest BCUT2D eigenvalue weighted by Crippen LogP contribution is 2.39. The van der Waals surface area contributed by atoms with E-state index in [4.69, 9.17) is 0 Å². The Kier molecular flexibility index (Phi) is 6.24. The molecule has 0 bridgehead atoms. The number of benzene rings is 1. The van der Waals surface area contributed by atoms with Crippen LogP contribution in [0.4, 0.5) is 10.5 Å². The molecule has 0 radical (unpaired) electrons. The van der Waals surface area contributed by atoms with E-state index in [0.717, 1.165) is 61.6 Å². The van der Waals surface area contributed by atoms with Gasteiger partial charge in [-0.1, -0.05) is 6.07 Å². The molecule has 2 aliphatic rings. The van der Waals surface area contributed by atoms with E-state index in [2.05, 4.69) is 20.6 Å². The summed E-state index contributed by atoms with van der Waals surface area (Å²) in [5, 5.41) is 19.8. The number of hydrogen-bond acceptors (Lipinski definition) is 5. The Morgan fingerprint density at radius 3 is 2.71 bits per heavy atom. The van der Waals surface area contributed by atoms with Gasteiger partial charge in [0.05, 0.1) is 18.8 Å². The minimum Gasteiger partial charge on any atom is -0.465 e. The van der Waals surface area contributed by atoms with Crippen molar-refractivity contribution >= 4 is 17.7 Å². The Morgan fingerprint density at radius 1 is 1.23 bits per heavy atom. The lowest BCUT2D eigenvalue weighted by molar-refractivity contribution is -0.117. The average Bonchev–Trinajstić information content (AvgIpc) is 3.21. The van der Waals surface area contributed by atoms with Crippen LogP contribution in [-0.4, -0.2) is 70.6 Å². The monoisotopic (exact) mass is 426 g/mol. The second kappa shape index (κ2) is 9.07. The number of nitrogens with one attached hydrogen (secondary N) is 2. The smallest absolute Gasteiger partial charge is 0.405 e. The summed E-state index contributed by atoms with van der Waals surface area (Å²) in [4.78, 5) is 27.7. The first kappa shape index (κ1) is 21.3. The molecule has 2 aromatic rings. The molecule has 0 spiro atoms. The SMILES string of the molecule is CC(=O)N1c2ccc(-c3cnn(CCN4CCNCC4)c3)cc2C(NC(=O)O)CC1C. The number of carboxylic acid groups (broad SMARTS) is 1. The number of fused-ring (bicyclic) bond motifs is 1. The molecular formula is C22H30N6O3. The molecule has 3 N–H and O–H groups in total. The van der Waals surface area contributed by atoms with Crippen molar-refractivity contribution in [1.29, 1.82) is 0 Å². The molecule has 4 rings (SSSR count). The minimum atomic E-state index is -1.06. The molecule has 166 valence electrons. The number of carbonyl (C=O) groups excluding carboxylic acids is 1. The molecule has 1 aromatic heterocycles. The Bertz CT molecular complexity index is 952. The molecule has 0 saturated carbocycles. The zero-order chi connectivity index (χ0) is 22.0. The van der Waals surface area contributed by atoms with Crippen LogP contribution < -0.4 is 15.5 Å². The second-order valence-electron chi connectivity index (χ2n) is 8.33.